The molecule has 1 saturated heterocycles. The number of aliphatic carboxylic acids is 1. The summed E-state index contributed by atoms with van der Waals surface area (Å²) < 4.78 is 42.5. The quantitative estimate of drug-likeness (QED) is 0.109. The van der Waals surface area contributed by atoms with Gasteiger partial charge in [-0.05, 0) is 74.6 Å². The first-order valence-electron chi connectivity index (χ1n) is 20.1. The zero-order chi connectivity index (χ0) is 44.9. The number of carbonyl (C=O) groups excluding carboxylic acids is 2. The second-order valence-electron chi connectivity index (χ2n) is 16.2. The number of amides is 2. The van der Waals surface area contributed by atoms with E-state index < -0.39 is 46.0 Å². The molecule has 3 heterocycles. The fourth-order valence-electron chi connectivity index (χ4n) is 7.32. The van der Waals surface area contributed by atoms with Gasteiger partial charge >= 0.3 is 12.1 Å². The molecular weight excluding hydrogens is 832 g/mol. The summed E-state index contributed by atoms with van der Waals surface area (Å²) in [7, 11) is 0. The van der Waals surface area contributed by atoms with Gasteiger partial charge in [0.05, 0.1) is 11.5 Å². The van der Waals surface area contributed by atoms with E-state index in [-0.39, 0.29) is 77.4 Å². The number of carboxylic acid groups (broad SMARTS) is 1. The van der Waals surface area contributed by atoms with Crippen LogP contribution in [0.4, 0.5) is 25.1 Å². The highest BCUT2D eigenvalue weighted by atomic mass is 35.5. The van der Waals surface area contributed by atoms with Crippen molar-refractivity contribution < 1.29 is 37.7 Å². The standard InChI is InChI=1S/C48H44ClF2N5O7/c1-47(2,3)63-46(61)56-24-21-48(22-25-56,45(59)60)29-55-27-35(30-14-16-33(50)17-15-30)42(57)36(28-55)44(58)53-34-18-19-38(37(51)26-34)62-39-20-23-52-43(40(39)49)54-41(31-10-6-4-7-11-31)32-12-8-5-9-13-32/h4-20,23,26-28,41H,21-22,24-25,29H2,1-3H3,(H,52,54)(H,53,58)(H,59,60). The number of rotatable bonds is 12. The number of aromatic nitrogens is 2. The summed E-state index contributed by atoms with van der Waals surface area (Å²) in [6.45, 7) is 5.23. The van der Waals surface area contributed by atoms with Crippen LogP contribution in [0.1, 0.15) is 61.1 Å². The Morgan fingerprint density at radius 2 is 1.51 bits per heavy atom. The first-order chi connectivity index (χ1) is 30.1. The number of anilines is 2. The van der Waals surface area contributed by atoms with Gasteiger partial charge in [0.2, 0.25) is 5.43 Å². The number of nitrogens with one attached hydrogen (secondary N) is 2. The highest BCUT2D eigenvalue weighted by Crippen LogP contribution is 2.38. The Balaban J connectivity index is 1.12. The van der Waals surface area contributed by atoms with Crippen molar-refractivity contribution in [3.8, 4) is 22.6 Å². The lowest BCUT2D eigenvalue weighted by Crippen LogP contribution is -2.49. The molecule has 2 aromatic heterocycles. The van der Waals surface area contributed by atoms with Crippen molar-refractivity contribution in [3.05, 3.63) is 171 Å². The Hall–Kier alpha value is -7.06. The summed E-state index contributed by atoms with van der Waals surface area (Å²) in [5.41, 5.74) is -1.04. The monoisotopic (exact) mass is 875 g/mol. The Morgan fingerprint density at radius 3 is 2.10 bits per heavy atom. The van der Waals surface area contributed by atoms with Crippen LogP contribution >= 0.6 is 11.6 Å². The van der Waals surface area contributed by atoms with Gasteiger partial charge in [-0.25, -0.2) is 18.6 Å². The molecule has 4 aromatic carbocycles. The van der Waals surface area contributed by atoms with Crippen LogP contribution in [0.25, 0.3) is 11.1 Å². The third-order valence-electron chi connectivity index (χ3n) is 10.6. The molecule has 12 nitrogen and oxygen atoms in total. The number of ether oxygens (including phenoxy) is 2. The molecule has 1 fully saturated rings. The molecule has 15 heteroatoms. The molecule has 1 aliphatic heterocycles. The number of hydrogen-bond donors (Lipinski definition) is 3. The van der Waals surface area contributed by atoms with Gasteiger partial charge in [0.15, 0.2) is 17.3 Å². The highest BCUT2D eigenvalue weighted by molar-refractivity contribution is 6.34. The van der Waals surface area contributed by atoms with E-state index in [1.54, 1.807) is 20.8 Å². The lowest BCUT2D eigenvalue weighted by Gasteiger charge is -2.39. The number of halogens is 3. The van der Waals surface area contributed by atoms with Gasteiger partial charge in [-0.2, -0.15) is 0 Å². The zero-order valence-electron chi connectivity index (χ0n) is 34.6. The van der Waals surface area contributed by atoms with Crippen LogP contribution in [0, 0.1) is 17.0 Å². The average molecular weight is 876 g/mol. The minimum Gasteiger partial charge on any atom is -0.481 e. The molecular formula is C48H44ClF2N5O7. The smallest absolute Gasteiger partial charge is 0.410 e. The van der Waals surface area contributed by atoms with Crippen LogP contribution in [0.5, 0.6) is 11.5 Å². The Morgan fingerprint density at radius 1 is 0.873 bits per heavy atom. The maximum absolute atomic E-state index is 15.7. The molecule has 0 saturated carbocycles. The van der Waals surface area contributed by atoms with E-state index >= 15 is 4.39 Å². The van der Waals surface area contributed by atoms with Gasteiger partial charge in [-0.3, -0.25) is 14.4 Å². The molecule has 6 aromatic rings. The van der Waals surface area contributed by atoms with Gasteiger partial charge in [0, 0.05) is 61.6 Å². The fraction of sp³-hybridized carbons (Fsp3) is 0.229. The van der Waals surface area contributed by atoms with Crippen molar-refractivity contribution in [2.24, 2.45) is 5.41 Å². The van der Waals surface area contributed by atoms with Crippen molar-refractivity contribution in [3.63, 3.8) is 0 Å². The summed E-state index contributed by atoms with van der Waals surface area (Å²) in [6.07, 6.45) is 3.68. The normalized spacial score (nSPS) is 13.6. The van der Waals surface area contributed by atoms with Crippen LogP contribution < -0.4 is 20.8 Å². The molecule has 0 bridgehead atoms. The fourth-order valence-corrected chi connectivity index (χ4v) is 7.53. The minimum absolute atomic E-state index is 0.00579. The molecule has 0 radical (unpaired) electrons. The number of benzene rings is 4. The molecule has 0 unspecified atom stereocenters. The summed E-state index contributed by atoms with van der Waals surface area (Å²) in [5.74, 6) is -3.25. The minimum atomic E-state index is -1.39. The van der Waals surface area contributed by atoms with E-state index in [1.807, 2.05) is 60.7 Å². The van der Waals surface area contributed by atoms with Crippen LogP contribution in [0.2, 0.25) is 5.02 Å². The number of carbonyl (C=O) groups is 3. The van der Waals surface area contributed by atoms with Gasteiger partial charge in [-0.15, -0.1) is 0 Å². The maximum atomic E-state index is 15.7. The lowest BCUT2D eigenvalue weighted by atomic mass is 9.78. The first kappa shape index (κ1) is 44.0. The summed E-state index contributed by atoms with van der Waals surface area (Å²) in [5, 5.41) is 16.5. The summed E-state index contributed by atoms with van der Waals surface area (Å²) in [6, 6.07) is 29.4. The molecule has 3 N–H and O–H groups in total. The Bertz CT molecular complexity index is 2650. The van der Waals surface area contributed by atoms with Gasteiger partial charge < -0.3 is 34.7 Å². The molecule has 0 atom stereocenters. The number of nitrogens with zero attached hydrogens (tertiary/aromatic N) is 3. The van der Waals surface area contributed by atoms with Crippen LogP contribution in [0.3, 0.4) is 0 Å². The molecule has 7 rings (SSSR count). The second-order valence-corrected chi connectivity index (χ2v) is 16.6. The van der Waals surface area contributed by atoms with Gasteiger partial charge in [-0.1, -0.05) is 84.4 Å². The average Bonchev–Trinajstić information content (AvgIpc) is 3.26. The van der Waals surface area contributed by atoms with Crippen molar-refractivity contribution >= 4 is 41.1 Å². The molecule has 0 aliphatic carbocycles. The Labute approximate surface area is 367 Å². The lowest BCUT2D eigenvalue weighted by molar-refractivity contribution is -0.153. The SMILES string of the molecule is CC(C)(C)OC(=O)N1CCC(Cn2cc(C(=O)Nc3ccc(Oc4ccnc(NC(c5ccccc5)c5ccccc5)c4Cl)c(F)c3)c(=O)c(-c3ccc(F)cc3)c2)(C(=O)O)CC1. The number of piperidine rings is 1. The Kier molecular flexibility index (Phi) is 12.9. The third-order valence-corrected chi connectivity index (χ3v) is 11.0. The topological polar surface area (TPSA) is 152 Å². The van der Waals surface area contributed by atoms with E-state index in [0.29, 0.717) is 5.82 Å². The predicted octanol–water partition coefficient (Wildman–Crippen LogP) is 10.2. The summed E-state index contributed by atoms with van der Waals surface area (Å²) >= 11 is 6.78. The van der Waals surface area contributed by atoms with Gasteiger partial charge in [0.1, 0.15) is 27.8 Å². The van der Waals surface area contributed by atoms with Crippen LogP contribution in [0.15, 0.2) is 133 Å². The first-order valence-corrected chi connectivity index (χ1v) is 20.5. The molecule has 2 amide bonds. The van der Waals surface area contributed by atoms with Crippen LogP contribution in [-0.2, 0) is 16.1 Å². The van der Waals surface area contributed by atoms with E-state index in [2.05, 4.69) is 15.6 Å². The van der Waals surface area contributed by atoms with Crippen LogP contribution in [-0.4, -0.2) is 56.2 Å². The molecule has 324 valence electrons. The second kappa shape index (κ2) is 18.5. The van der Waals surface area contributed by atoms with E-state index in [4.69, 9.17) is 21.1 Å². The number of likely N-dealkylation sites (tertiary alicyclic amines) is 1. The maximum Gasteiger partial charge on any atom is 0.410 e. The largest absolute Gasteiger partial charge is 0.481 e. The molecule has 0 spiro atoms. The highest BCUT2D eigenvalue weighted by Gasteiger charge is 2.43. The van der Waals surface area contributed by atoms with Crippen molar-refractivity contribution in [2.45, 2.75) is 51.8 Å². The van der Waals surface area contributed by atoms with Crippen molar-refractivity contribution in [1.29, 1.82) is 0 Å². The third kappa shape index (κ3) is 10.4. The number of hydrogen-bond acceptors (Lipinski definition) is 8. The molecule has 63 heavy (non-hydrogen) atoms. The zero-order valence-corrected chi connectivity index (χ0v) is 35.4. The van der Waals surface area contributed by atoms with Crippen molar-refractivity contribution in [1.82, 2.24) is 14.5 Å². The van der Waals surface area contributed by atoms with Gasteiger partial charge in [0.25, 0.3) is 5.91 Å². The number of carboxylic acids is 1. The predicted molar refractivity (Wildman–Crippen MR) is 235 cm³/mol. The van der Waals surface area contributed by atoms with E-state index in [9.17, 15) is 28.7 Å². The van der Waals surface area contributed by atoms with E-state index in [1.165, 1.54) is 58.4 Å². The van der Waals surface area contributed by atoms with E-state index in [0.717, 1.165) is 29.3 Å². The number of pyridine rings is 2. The van der Waals surface area contributed by atoms with Crippen molar-refractivity contribution in [2.75, 3.05) is 23.7 Å². The molecule has 1 aliphatic rings. The summed E-state index contributed by atoms with van der Waals surface area (Å²) in [4.78, 5) is 59.3.